The Bertz CT molecular complexity index is 686. The van der Waals surface area contributed by atoms with Crippen LogP contribution >= 0.6 is 11.8 Å². The van der Waals surface area contributed by atoms with Gasteiger partial charge >= 0.3 is 0 Å². The number of ketones is 1. The van der Waals surface area contributed by atoms with E-state index in [4.69, 9.17) is 5.26 Å². The molecule has 0 aliphatic heterocycles. The Morgan fingerprint density at radius 1 is 1.41 bits per heavy atom. The van der Waals surface area contributed by atoms with Gasteiger partial charge in [-0.2, -0.15) is 5.26 Å². The molecule has 1 aromatic carbocycles. The molecule has 0 atom stereocenters. The van der Waals surface area contributed by atoms with E-state index in [0.29, 0.717) is 29.4 Å². The summed E-state index contributed by atoms with van der Waals surface area (Å²) in [5, 5.41) is 18.6. The summed E-state index contributed by atoms with van der Waals surface area (Å²) in [5.41, 5.74) is 2.44. The van der Waals surface area contributed by atoms with Gasteiger partial charge in [-0.25, -0.2) is 4.98 Å². The van der Waals surface area contributed by atoms with E-state index in [1.54, 1.807) is 10.8 Å². The molecule has 0 unspecified atom stereocenters. The quantitative estimate of drug-likeness (QED) is 0.627. The van der Waals surface area contributed by atoms with Crippen LogP contribution < -0.4 is 0 Å². The maximum absolute atomic E-state index is 12.2. The van der Waals surface area contributed by atoms with Crippen molar-refractivity contribution in [2.24, 2.45) is 0 Å². The van der Waals surface area contributed by atoms with E-state index < -0.39 is 0 Å². The van der Waals surface area contributed by atoms with Crippen LogP contribution in [-0.2, 0) is 13.2 Å². The molecule has 0 amide bonds. The SMILES string of the molecule is Cc1ccc(C(=O)CSc2ncc(CO)n2CCC#N)cc1. The number of benzene rings is 1. The van der Waals surface area contributed by atoms with E-state index in [1.807, 2.05) is 31.2 Å². The topological polar surface area (TPSA) is 78.9 Å². The molecule has 2 aromatic rings. The van der Waals surface area contributed by atoms with E-state index in [-0.39, 0.29) is 18.1 Å². The van der Waals surface area contributed by atoms with Gasteiger partial charge in [0, 0.05) is 12.1 Å². The summed E-state index contributed by atoms with van der Waals surface area (Å²) >= 11 is 1.32. The molecule has 0 saturated carbocycles. The number of carbonyl (C=O) groups is 1. The Kier molecular flexibility index (Phi) is 5.75. The number of rotatable bonds is 7. The Hall–Kier alpha value is -2.10. The summed E-state index contributed by atoms with van der Waals surface area (Å²) in [7, 11) is 0. The number of nitrogens with zero attached hydrogens (tertiary/aromatic N) is 3. The molecule has 0 aliphatic rings. The van der Waals surface area contributed by atoms with Gasteiger partial charge in [0.15, 0.2) is 10.9 Å². The second-order valence-corrected chi connectivity index (χ2v) is 5.77. The highest BCUT2D eigenvalue weighted by Crippen LogP contribution is 2.20. The lowest BCUT2D eigenvalue weighted by Crippen LogP contribution is -2.07. The monoisotopic (exact) mass is 315 g/mol. The average molecular weight is 315 g/mol. The van der Waals surface area contributed by atoms with Crippen molar-refractivity contribution >= 4 is 17.5 Å². The van der Waals surface area contributed by atoms with Crippen LogP contribution in [0.4, 0.5) is 0 Å². The van der Waals surface area contributed by atoms with E-state index in [2.05, 4.69) is 11.1 Å². The van der Waals surface area contributed by atoms with Crippen molar-refractivity contribution in [1.29, 1.82) is 5.26 Å². The van der Waals surface area contributed by atoms with Crippen molar-refractivity contribution in [2.45, 2.75) is 31.7 Å². The molecule has 6 heteroatoms. The van der Waals surface area contributed by atoms with Crippen LogP contribution in [0.2, 0.25) is 0 Å². The first-order chi connectivity index (χ1) is 10.7. The number of aryl methyl sites for hydroxylation is 1. The Morgan fingerprint density at radius 2 is 2.14 bits per heavy atom. The highest BCUT2D eigenvalue weighted by atomic mass is 32.2. The average Bonchev–Trinajstić information content (AvgIpc) is 2.93. The molecule has 1 heterocycles. The molecule has 0 bridgehead atoms. The molecule has 2 rings (SSSR count). The molecular formula is C16H17N3O2S. The van der Waals surface area contributed by atoms with Crippen LogP contribution in [0.3, 0.4) is 0 Å². The maximum Gasteiger partial charge on any atom is 0.173 e. The molecule has 0 spiro atoms. The minimum Gasteiger partial charge on any atom is -0.390 e. The normalized spacial score (nSPS) is 10.4. The summed E-state index contributed by atoms with van der Waals surface area (Å²) in [6, 6.07) is 9.54. The lowest BCUT2D eigenvalue weighted by atomic mass is 10.1. The van der Waals surface area contributed by atoms with Crippen molar-refractivity contribution in [1.82, 2.24) is 9.55 Å². The predicted octanol–water partition coefficient (Wildman–Crippen LogP) is 2.57. The number of carbonyl (C=O) groups excluding carboxylic acids is 1. The molecule has 22 heavy (non-hydrogen) atoms. The second kappa shape index (κ2) is 7.78. The fourth-order valence-electron chi connectivity index (χ4n) is 1.99. The molecule has 1 N–H and O–H groups in total. The number of aliphatic hydroxyl groups excluding tert-OH is 1. The number of aliphatic hydroxyl groups is 1. The van der Waals surface area contributed by atoms with Gasteiger partial charge in [-0.15, -0.1) is 0 Å². The fraction of sp³-hybridized carbons (Fsp3) is 0.312. The standard InChI is InChI=1S/C16H17N3O2S/c1-12-3-5-13(6-4-12)15(21)11-22-16-18-9-14(10-20)19(16)8-2-7-17/h3-6,9,20H,2,8,10-11H2,1H3. The Balaban J connectivity index is 2.04. The van der Waals surface area contributed by atoms with Crippen LogP contribution in [0.5, 0.6) is 0 Å². The van der Waals surface area contributed by atoms with Crippen molar-refractivity contribution < 1.29 is 9.90 Å². The van der Waals surface area contributed by atoms with Gasteiger partial charge < -0.3 is 9.67 Å². The van der Waals surface area contributed by atoms with Gasteiger partial charge in [-0.1, -0.05) is 41.6 Å². The van der Waals surface area contributed by atoms with Crippen molar-refractivity contribution in [3.8, 4) is 6.07 Å². The first-order valence-electron chi connectivity index (χ1n) is 6.90. The van der Waals surface area contributed by atoms with Crippen LogP contribution in [-0.4, -0.2) is 26.2 Å². The van der Waals surface area contributed by atoms with Gasteiger partial charge in [0.05, 0.1) is 36.7 Å². The van der Waals surface area contributed by atoms with Gasteiger partial charge in [-0.3, -0.25) is 4.79 Å². The molecule has 0 aliphatic carbocycles. The zero-order valence-electron chi connectivity index (χ0n) is 12.3. The number of hydrogen-bond donors (Lipinski definition) is 1. The lowest BCUT2D eigenvalue weighted by Gasteiger charge is -2.08. The molecular weight excluding hydrogens is 298 g/mol. The van der Waals surface area contributed by atoms with Crippen LogP contribution in [0.15, 0.2) is 35.6 Å². The third-order valence-electron chi connectivity index (χ3n) is 3.22. The molecule has 0 fully saturated rings. The van der Waals surface area contributed by atoms with Crippen LogP contribution in [0.25, 0.3) is 0 Å². The third kappa shape index (κ3) is 3.97. The zero-order valence-corrected chi connectivity index (χ0v) is 13.1. The summed E-state index contributed by atoms with van der Waals surface area (Å²) in [4.78, 5) is 16.4. The van der Waals surface area contributed by atoms with E-state index in [1.165, 1.54) is 11.8 Å². The van der Waals surface area contributed by atoms with Gasteiger partial charge in [0.2, 0.25) is 0 Å². The summed E-state index contributed by atoms with van der Waals surface area (Å²) in [6.45, 7) is 2.31. The van der Waals surface area contributed by atoms with Crippen molar-refractivity contribution in [2.75, 3.05) is 5.75 Å². The number of Topliss-reactive ketones (excluding diaryl/α,β-unsaturated/α-hetero) is 1. The minimum atomic E-state index is -0.134. The predicted molar refractivity (Wildman–Crippen MR) is 84.6 cm³/mol. The summed E-state index contributed by atoms with van der Waals surface area (Å²) in [5.74, 6) is 0.308. The number of imidazole rings is 1. The fourth-order valence-corrected chi connectivity index (χ4v) is 2.91. The lowest BCUT2D eigenvalue weighted by molar-refractivity contribution is 0.102. The van der Waals surface area contributed by atoms with Crippen LogP contribution in [0.1, 0.15) is 28.0 Å². The Labute approximate surface area is 133 Å². The van der Waals surface area contributed by atoms with Gasteiger partial charge in [0.25, 0.3) is 0 Å². The number of aromatic nitrogens is 2. The first-order valence-corrected chi connectivity index (χ1v) is 7.89. The molecule has 0 saturated heterocycles. The highest BCUT2D eigenvalue weighted by molar-refractivity contribution is 7.99. The summed E-state index contributed by atoms with van der Waals surface area (Å²) < 4.78 is 1.79. The van der Waals surface area contributed by atoms with E-state index >= 15 is 0 Å². The molecule has 0 radical (unpaired) electrons. The Morgan fingerprint density at radius 3 is 2.77 bits per heavy atom. The van der Waals surface area contributed by atoms with E-state index in [0.717, 1.165) is 5.56 Å². The molecule has 1 aromatic heterocycles. The van der Waals surface area contributed by atoms with Crippen LogP contribution in [0, 0.1) is 18.3 Å². The largest absolute Gasteiger partial charge is 0.390 e. The first kappa shape index (κ1) is 16.3. The zero-order chi connectivity index (χ0) is 15.9. The van der Waals surface area contributed by atoms with Crippen molar-refractivity contribution in [3.63, 3.8) is 0 Å². The number of thioether (sulfide) groups is 1. The maximum atomic E-state index is 12.2. The number of hydrogen-bond acceptors (Lipinski definition) is 5. The summed E-state index contributed by atoms with van der Waals surface area (Å²) in [6.07, 6.45) is 1.92. The van der Waals surface area contributed by atoms with E-state index in [9.17, 15) is 9.90 Å². The number of nitriles is 1. The second-order valence-electron chi connectivity index (χ2n) is 4.83. The molecule has 114 valence electrons. The smallest absolute Gasteiger partial charge is 0.173 e. The highest BCUT2D eigenvalue weighted by Gasteiger charge is 2.13. The van der Waals surface area contributed by atoms with Gasteiger partial charge in [0.1, 0.15) is 0 Å². The third-order valence-corrected chi connectivity index (χ3v) is 4.21. The molecule has 5 nitrogen and oxygen atoms in total. The van der Waals surface area contributed by atoms with Crippen molar-refractivity contribution in [3.05, 3.63) is 47.3 Å². The van der Waals surface area contributed by atoms with Gasteiger partial charge in [-0.05, 0) is 6.92 Å². The minimum absolute atomic E-state index is 0.0328.